The summed E-state index contributed by atoms with van der Waals surface area (Å²) in [5, 5.41) is 14.6. The molecule has 4 nitrogen and oxygen atoms in total. The third kappa shape index (κ3) is 3.01. The zero-order valence-electron chi connectivity index (χ0n) is 11.8. The molecule has 1 fully saturated rings. The molecule has 1 N–H and O–H groups in total. The van der Waals surface area contributed by atoms with Crippen LogP contribution in [0.4, 0.5) is 5.13 Å². The quantitative estimate of drug-likeness (QED) is 0.743. The number of anilines is 1. The van der Waals surface area contributed by atoms with E-state index < -0.39 is 5.41 Å². The van der Waals surface area contributed by atoms with Gasteiger partial charge in [-0.1, -0.05) is 25.0 Å². The number of hydrogen-bond acceptors (Lipinski definition) is 4. The highest BCUT2D eigenvalue weighted by molar-refractivity contribution is 14.1. The molecule has 22 heavy (non-hydrogen) atoms. The number of halogens is 1. The molecule has 6 heteroatoms. The molecule has 2 aromatic rings. The predicted molar refractivity (Wildman–Crippen MR) is 95.4 cm³/mol. The van der Waals surface area contributed by atoms with Gasteiger partial charge in [0.2, 0.25) is 5.91 Å². The molecule has 1 heterocycles. The van der Waals surface area contributed by atoms with Crippen LogP contribution in [0.2, 0.25) is 0 Å². The fraction of sp³-hybridized carbons (Fsp3) is 0.312. The van der Waals surface area contributed by atoms with Gasteiger partial charge in [0.1, 0.15) is 5.41 Å². The molecule has 0 saturated heterocycles. The first-order valence-electron chi connectivity index (χ1n) is 7.07. The summed E-state index contributed by atoms with van der Waals surface area (Å²) in [5.74, 6) is -0.212. The normalized spacial score (nSPS) is 16.2. The van der Waals surface area contributed by atoms with E-state index in [1.54, 1.807) is 0 Å². The zero-order valence-corrected chi connectivity index (χ0v) is 14.8. The summed E-state index contributed by atoms with van der Waals surface area (Å²) in [6, 6.07) is 10.3. The largest absolute Gasteiger partial charge is 0.301 e. The van der Waals surface area contributed by atoms with Gasteiger partial charge in [-0.3, -0.25) is 4.79 Å². The highest BCUT2D eigenvalue weighted by atomic mass is 127. The minimum atomic E-state index is -0.866. The van der Waals surface area contributed by atoms with Crippen LogP contribution in [0.15, 0.2) is 29.6 Å². The van der Waals surface area contributed by atoms with Gasteiger partial charge in [0, 0.05) is 14.5 Å². The van der Waals surface area contributed by atoms with E-state index in [1.165, 1.54) is 14.9 Å². The van der Waals surface area contributed by atoms with Crippen LogP contribution >= 0.6 is 33.9 Å². The number of hydrogen-bond donors (Lipinski definition) is 1. The molecule has 1 aliphatic rings. The van der Waals surface area contributed by atoms with E-state index in [-0.39, 0.29) is 5.91 Å². The van der Waals surface area contributed by atoms with Crippen molar-refractivity contribution in [3.8, 4) is 17.3 Å². The maximum absolute atomic E-state index is 12.4. The third-order valence-corrected chi connectivity index (χ3v) is 5.45. The molecule has 1 aliphatic carbocycles. The van der Waals surface area contributed by atoms with E-state index in [1.807, 2.05) is 29.6 Å². The van der Waals surface area contributed by atoms with Gasteiger partial charge in [0.05, 0.1) is 11.8 Å². The summed E-state index contributed by atoms with van der Waals surface area (Å²) < 4.78 is 1.17. The van der Waals surface area contributed by atoms with Crippen molar-refractivity contribution in [3.63, 3.8) is 0 Å². The van der Waals surface area contributed by atoms with Crippen LogP contribution < -0.4 is 5.32 Å². The Morgan fingerprint density at radius 2 is 2.00 bits per heavy atom. The van der Waals surface area contributed by atoms with E-state index in [0.717, 1.165) is 24.1 Å². The Labute approximate surface area is 146 Å². The van der Waals surface area contributed by atoms with Crippen LogP contribution in [-0.2, 0) is 4.79 Å². The molecule has 1 aromatic heterocycles. The summed E-state index contributed by atoms with van der Waals surface area (Å²) in [6.45, 7) is 0. The topological polar surface area (TPSA) is 65.8 Å². The molecule has 3 rings (SSSR count). The summed E-state index contributed by atoms with van der Waals surface area (Å²) >= 11 is 3.65. The van der Waals surface area contributed by atoms with Crippen molar-refractivity contribution >= 4 is 45.0 Å². The number of aromatic nitrogens is 1. The zero-order chi connectivity index (χ0) is 15.6. The van der Waals surface area contributed by atoms with Crippen molar-refractivity contribution < 1.29 is 4.79 Å². The standard InChI is InChI=1S/C16H14IN3OS/c17-12-5-3-11(4-6-12)13-9-22-15(19-13)20-14(21)16(10-18)7-1-2-8-16/h3-6,9H,1-2,7-8H2,(H,19,20,21). The summed E-state index contributed by atoms with van der Waals surface area (Å²) in [4.78, 5) is 16.9. The fourth-order valence-corrected chi connectivity index (χ4v) is 3.74. The van der Waals surface area contributed by atoms with Gasteiger partial charge < -0.3 is 5.32 Å². The second-order valence-corrected chi connectivity index (χ2v) is 7.50. The average Bonchev–Trinajstić information content (AvgIpc) is 3.17. The van der Waals surface area contributed by atoms with E-state index in [0.29, 0.717) is 18.0 Å². The van der Waals surface area contributed by atoms with Gasteiger partial charge in [-0.15, -0.1) is 11.3 Å². The molecule has 0 bridgehead atoms. The number of carbonyl (C=O) groups is 1. The number of nitrogens with one attached hydrogen (secondary N) is 1. The van der Waals surface area contributed by atoms with Crippen LogP contribution in [0.3, 0.4) is 0 Å². The molecule has 0 atom stereocenters. The fourth-order valence-electron chi connectivity index (χ4n) is 2.67. The van der Waals surface area contributed by atoms with Crippen LogP contribution in [0.5, 0.6) is 0 Å². The Morgan fingerprint density at radius 1 is 1.32 bits per heavy atom. The number of carbonyl (C=O) groups excluding carboxylic acids is 1. The Kier molecular flexibility index (Phi) is 4.45. The number of nitrogens with zero attached hydrogens (tertiary/aromatic N) is 2. The Bertz CT molecular complexity index is 727. The lowest BCUT2D eigenvalue weighted by Crippen LogP contribution is -2.32. The van der Waals surface area contributed by atoms with Crippen LogP contribution in [0.1, 0.15) is 25.7 Å². The minimum Gasteiger partial charge on any atom is -0.301 e. The second-order valence-electron chi connectivity index (χ2n) is 5.40. The second kappa shape index (κ2) is 6.34. The smallest absolute Gasteiger partial charge is 0.246 e. The number of nitriles is 1. The lowest BCUT2D eigenvalue weighted by Gasteiger charge is -2.17. The number of benzene rings is 1. The summed E-state index contributed by atoms with van der Waals surface area (Å²) in [5.41, 5.74) is 0.997. The molecule has 112 valence electrons. The Morgan fingerprint density at radius 3 is 2.64 bits per heavy atom. The highest BCUT2D eigenvalue weighted by Gasteiger charge is 2.41. The first kappa shape index (κ1) is 15.4. The van der Waals surface area contributed by atoms with Gasteiger partial charge in [0.25, 0.3) is 0 Å². The first-order chi connectivity index (χ1) is 10.6. The monoisotopic (exact) mass is 423 g/mol. The average molecular weight is 423 g/mol. The van der Waals surface area contributed by atoms with Crippen molar-refractivity contribution in [2.45, 2.75) is 25.7 Å². The third-order valence-electron chi connectivity index (χ3n) is 3.97. The summed E-state index contributed by atoms with van der Waals surface area (Å²) in [6.07, 6.45) is 3.16. The van der Waals surface area contributed by atoms with E-state index in [9.17, 15) is 10.1 Å². The van der Waals surface area contributed by atoms with Gasteiger partial charge in [0.15, 0.2) is 5.13 Å². The van der Waals surface area contributed by atoms with Crippen molar-refractivity contribution in [3.05, 3.63) is 33.2 Å². The van der Waals surface area contributed by atoms with E-state index in [4.69, 9.17) is 0 Å². The molecule has 0 spiro atoms. The molecule has 1 aromatic carbocycles. The molecular formula is C16H14IN3OS. The molecule has 1 saturated carbocycles. The van der Waals surface area contributed by atoms with Crippen molar-refractivity contribution in [2.75, 3.05) is 5.32 Å². The van der Waals surface area contributed by atoms with E-state index in [2.05, 4.69) is 39.0 Å². The molecule has 0 aliphatic heterocycles. The lowest BCUT2D eigenvalue weighted by molar-refractivity contribution is -0.122. The predicted octanol–water partition coefficient (Wildman–Crippen LogP) is 4.44. The maximum Gasteiger partial charge on any atom is 0.246 e. The minimum absolute atomic E-state index is 0.212. The summed E-state index contributed by atoms with van der Waals surface area (Å²) in [7, 11) is 0. The molecule has 1 amide bonds. The van der Waals surface area contributed by atoms with Crippen LogP contribution in [0.25, 0.3) is 11.3 Å². The van der Waals surface area contributed by atoms with Crippen molar-refractivity contribution in [2.24, 2.45) is 5.41 Å². The SMILES string of the molecule is N#CC1(C(=O)Nc2nc(-c3ccc(I)cc3)cs2)CCCC1. The van der Waals surface area contributed by atoms with Crippen LogP contribution in [0, 0.1) is 20.3 Å². The number of amides is 1. The van der Waals surface area contributed by atoms with Gasteiger partial charge in [-0.05, 0) is 47.6 Å². The Balaban J connectivity index is 1.76. The van der Waals surface area contributed by atoms with Crippen molar-refractivity contribution in [1.82, 2.24) is 4.98 Å². The van der Waals surface area contributed by atoms with Gasteiger partial charge in [-0.25, -0.2) is 4.98 Å². The number of thiazole rings is 1. The molecule has 0 unspecified atom stereocenters. The van der Waals surface area contributed by atoms with Crippen molar-refractivity contribution in [1.29, 1.82) is 5.26 Å². The molecule has 0 radical (unpaired) electrons. The maximum atomic E-state index is 12.4. The molecular weight excluding hydrogens is 409 g/mol. The highest BCUT2D eigenvalue weighted by Crippen LogP contribution is 2.38. The van der Waals surface area contributed by atoms with E-state index >= 15 is 0 Å². The van der Waals surface area contributed by atoms with Crippen LogP contribution in [-0.4, -0.2) is 10.9 Å². The van der Waals surface area contributed by atoms with Gasteiger partial charge in [-0.2, -0.15) is 5.26 Å². The van der Waals surface area contributed by atoms with Gasteiger partial charge >= 0.3 is 0 Å². The first-order valence-corrected chi connectivity index (χ1v) is 9.03. The lowest BCUT2D eigenvalue weighted by atomic mass is 9.87. The Hall–Kier alpha value is -1.46. The number of rotatable bonds is 3.